The highest BCUT2D eigenvalue weighted by Gasteiger charge is 2.30. The Bertz CT molecular complexity index is 591. The van der Waals surface area contributed by atoms with E-state index in [4.69, 9.17) is 17.3 Å². The van der Waals surface area contributed by atoms with Gasteiger partial charge in [-0.2, -0.15) is 0 Å². The van der Waals surface area contributed by atoms with Crippen molar-refractivity contribution in [1.82, 2.24) is 4.90 Å². The van der Waals surface area contributed by atoms with E-state index >= 15 is 0 Å². The summed E-state index contributed by atoms with van der Waals surface area (Å²) in [7, 11) is 0. The first-order valence-corrected chi connectivity index (χ1v) is 7.25. The van der Waals surface area contributed by atoms with Crippen LogP contribution in [0.15, 0.2) is 12.1 Å². The summed E-state index contributed by atoms with van der Waals surface area (Å²) in [4.78, 5) is 24.7. The molecule has 0 saturated carbocycles. The van der Waals surface area contributed by atoms with Crippen molar-refractivity contribution >= 4 is 28.9 Å². The Morgan fingerprint density at radius 1 is 1.48 bits per heavy atom. The molecule has 0 bridgehead atoms. The van der Waals surface area contributed by atoms with Crippen LogP contribution in [0.3, 0.4) is 0 Å². The summed E-state index contributed by atoms with van der Waals surface area (Å²) in [6.45, 7) is 4.75. The fourth-order valence-corrected chi connectivity index (χ4v) is 2.88. The molecule has 1 heterocycles. The summed E-state index contributed by atoms with van der Waals surface area (Å²) in [6.07, 6.45) is 2.01. The smallest absolute Gasteiger partial charge is 0.294 e. The first kappa shape index (κ1) is 15.6. The highest BCUT2D eigenvalue weighted by atomic mass is 35.5. The molecule has 0 radical (unpaired) electrons. The maximum absolute atomic E-state index is 12.6. The van der Waals surface area contributed by atoms with Gasteiger partial charge in [0.15, 0.2) is 0 Å². The number of carbonyl (C=O) groups excluding carboxylic acids is 1. The van der Waals surface area contributed by atoms with Crippen LogP contribution in [0.25, 0.3) is 0 Å². The first-order chi connectivity index (χ1) is 9.82. The van der Waals surface area contributed by atoms with Gasteiger partial charge >= 0.3 is 0 Å². The number of likely N-dealkylation sites (tertiary alicyclic amines) is 1. The Morgan fingerprint density at radius 3 is 2.76 bits per heavy atom. The minimum atomic E-state index is -0.625. The molecule has 0 spiro atoms. The highest BCUT2D eigenvalue weighted by molar-refractivity contribution is 6.34. The standard InChI is InChI=1S/C14H18ClN3O3/c1-8-4-3-5-17(9(8)2)14(19)10-6-11(15)13(16)12(7-10)18(20)21/h6-9H,3-5,16H2,1-2H3. The number of benzene rings is 1. The van der Waals surface area contributed by atoms with Gasteiger partial charge in [0.1, 0.15) is 5.69 Å². The van der Waals surface area contributed by atoms with Crippen LogP contribution in [-0.4, -0.2) is 28.3 Å². The van der Waals surface area contributed by atoms with E-state index in [9.17, 15) is 14.9 Å². The van der Waals surface area contributed by atoms with E-state index in [1.54, 1.807) is 4.90 Å². The number of rotatable bonds is 2. The van der Waals surface area contributed by atoms with Crippen LogP contribution in [-0.2, 0) is 0 Å². The molecule has 1 amide bonds. The SMILES string of the molecule is CC1CCCN(C(=O)c2cc(Cl)c(N)c([N+](=O)[O-])c2)C1C. The van der Waals surface area contributed by atoms with Crippen molar-refractivity contribution in [3.63, 3.8) is 0 Å². The lowest BCUT2D eigenvalue weighted by Crippen LogP contribution is -2.46. The van der Waals surface area contributed by atoms with Gasteiger partial charge in [0.2, 0.25) is 0 Å². The number of hydrogen-bond acceptors (Lipinski definition) is 4. The van der Waals surface area contributed by atoms with Crippen molar-refractivity contribution < 1.29 is 9.72 Å². The van der Waals surface area contributed by atoms with Gasteiger partial charge in [-0.05, 0) is 31.7 Å². The molecule has 0 aliphatic carbocycles. The largest absolute Gasteiger partial charge is 0.392 e. The van der Waals surface area contributed by atoms with Crippen molar-refractivity contribution in [2.75, 3.05) is 12.3 Å². The molecule has 21 heavy (non-hydrogen) atoms. The van der Waals surface area contributed by atoms with E-state index in [1.165, 1.54) is 12.1 Å². The van der Waals surface area contributed by atoms with E-state index in [-0.39, 0.29) is 33.9 Å². The molecule has 6 nitrogen and oxygen atoms in total. The summed E-state index contributed by atoms with van der Waals surface area (Å²) >= 11 is 5.91. The molecule has 1 saturated heterocycles. The predicted octanol–water partition coefficient (Wildman–Crippen LogP) is 3.09. The maximum atomic E-state index is 12.6. The lowest BCUT2D eigenvalue weighted by atomic mass is 9.91. The number of amides is 1. The molecule has 1 aliphatic rings. The molecule has 2 unspecified atom stereocenters. The molecule has 2 N–H and O–H groups in total. The Hall–Kier alpha value is -1.82. The van der Waals surface area contributed by atoms with E-state index in [0.717, 1.165) is 12.8 Å². The zero-order valence-electron chi connectivity index (χ0n) is 12.0. The molecule has 7 heteroatoms. The molecule has 0 aromatic heterocycles. The molecular weight excluding hydrogens is 294 g/mol. The van der Waals surface area contributed by atoms with Gasteiger partial charge in [0.05, 0.1) is 9.95 Å². The third kappa shape index (κ3) is 2.95. The number of halogens is 1. The van der Waals surface area contributed by atoms with Gasteiger partial charge in [0, 0.05) is 24.2 Å². The normalized spacial score (nSPS) is 22.1. The number of hydrogen-bond donors (Lipinski definition) is 1. The molecular formula is C14H18ClN3O3. The monoisotopic (exact) mass is 311 g/mol. The molecule has 1 aromatic rings. The van der Waals surface area contributed by atoms with Crippen LogP contribution in [0.2, 0.25) is 5.02 Å². The van der Waals surface area contributed by atoms with Gasteiger partial charge in [-0.15, -0.1) is 0 Å². The fraction of sp³-hybridized carbons (Fsp3) is 0.500. The summed E-state index contributed by atoms with van der Waals surface area (Å²) in [6, 6.07) is 2.70. The zero-order valence-corrected chi connectivity index (χ0v) is 12.8. The van der Waals surface area contributed by atoms with Crippen LogP contribution in [0.1, 0.15) is 37.0 Å². The molecule has 1 aliphatic heterocycles. The molecule has 1 fully saturated rings. The Kier molecular flexibility index (Phi) is 4.37. The van der Waals surface area contributed by atoms with E-state index in [1.807, 2.05) is 6.92 Å². The van der Waals surface area contributed by atoms with Crippen LogP contribution < -0.4 is 5.73 Å². The third-order valence-corrected chi connectivity index (χ3v) is 4.50. The predicted molar refractivity (Wildman–Crippen MR) is 81.4 cm³/mol. The number of nitro benzene ring substituents is 1. The van der Waals surface area contributed by atoms with Gasteiger partial charge in [-0.1, -0.05) is 18.5 Å². The van der Waals surface area contributed by atoms with Crippen molar-refractivity contribution in [1.29, 1.82) is 0 Å². The van der Waals surface area contributed by atoms with Crippen molar-refractivity contribution in [3.05, 3.63) is 32.8 Å². The van der Waals surface area contributed by atoms with Crippen LogP contribution in [0.5, 0.6) is 0 Å². The highest BCUT2D eigenvalue weighted by Crippen LogP contribution is 2.32. The lowest BCUT2D eigenvalue weighted by molar-refractivity contribution is -0.383. The summed E-state index contributed by atoms with van der Waals surface area (Å²) in [5, 5.41) is 11.0. The summed E-state index contributed by atoms with van der Waals surface area (Å²) < 4.78 is 0. The topological polar surface area (TPSA) is 89.5 Å². The summed E-state index contributed by atoms with van der Waals surface area (Å²) in [5.74, 6) is 0.168. The van der Waals surface area contributed by atoms with Crippen molar-refractivity contribution in [3.8, 4) is 0 Å². The van der Waals surface area contributed by atoms with E-state index in [0.29, 0.717) is 12.5 Å². The number of nitro groups is 1. The zero-order chi connectivity index (χ0) is 15.7. The molecule has 2 rings (SSSR count). The second-order valence-electron chi connectivity index (χ2n) is 5.51. The van der Waals surface area contributed by atoms with Gasteiger partial charge < -0.3 is 10.6 Å². The quantitative estimate of drug-likeness (QED) is 0.516. The number of carbonyl (C=O) groups is 1. The number of piperidine rings is 1. The second-order valence-corrected chi connectivity index (χ2v) is 5.91. The van der Waals surface area contributed by atoms with Gasteiger partial charge in [0.25, 0.3) is 11.6 Å². The third-order valence-electron chi connectivity index (χ3n) is 4.19. The Balaban J connectivity index is 2.37. The number of anilines is 1. The molecule has 2 atom stereocenters. The second kappa shape index (κ2) is 5.89. The maximum Gasteiger partial charge on any atom is 0.294 e. The van der Waals surface area contributed by atoms with Crippen LogP contribution >= 0.6 is 11.6 Å². The number of nitrogens with two attached hydrogens (primary N) is 1. The minimum absolute atomic E-state index is 0.0326. The number of nitrogens with zero attached hydrogens (tertiary/aromatic N) is 2. The van der Waals surface area contributed by atoms with Crippen molar-refractivity contribution in [2.24, 2.45) is 5.92 Å². The first-order valence-electron chi connectivity index (χ1n) is 6.87. The molecule has 114 valence electrons. The summed E-state index contributed by atoms with van der Waals surface area (Å²) in [5.41, 5.74) is 5.35. The average molecular weight is 312 g/mol. The Labute approximate surface area is 128 Å². The van der Waals surface area contributed by atoms with Crippen LogP contribution in [0.4, 0.5) is 11.4 Å². The van der Waals surface area contributed by atoms with E-state index < -0.39 is 4.92 Å². The molecule has 1 aromatic carbocycles. The lowest BCUT2D eigenvalue weighted by Gasteiger charge is -2.38. The number of nitrogen functional groups attached to an aromatic ring is 1. The van der Waals surface area contributed by atoms with Crippen molar-refractivity contribution in [2.45, 2.75) is 32.7 Å². The van der Waals surface area contributed by atoms with Gasteiger partial charge in [-0.3, -0.25) is 14.9 Å². The average Bonchev–Trinajstić information content (AvgIpc) is 2.43. The van der Waals surface area contributed by atoms with E-state index in [2.05, 4.69) is 6.92 Å². The van der Waals surface area contributed by atoms with Gasteiger partial charge in [-0.25, -0.2) is 0 Å². The Morgan fingerprint density at radius 2 is 2.14 bits per heavy atom. The minimum Gasteiger partial charge on any atom is -0.392 e. The fourth-order valence-electron chi connectivity index (χ4n) is 2.67. The van der Waals surface area contributed by atoms with Crippen LogP contribution in [0, 0.1) is 16.0 Å².